The Bertz CT molecular complexity index is 1540. The minimum absolute atomic E-state index is 0.0197. The number of rotatable bonds is 5. The van der Waals surface area contributed by atoms with Gasteiger partial charge in [-0.2, -0.15) is 0 Å². The van der Waals surface area contributed by atoms with Crippen LogP contribution in [0.5, 0.6) is 17.2 Å². The fraction of sp³-hybridized carbons (Fsp3) is 0.0370. The summed E-state index contributed by atoms with van der Waals surface area (Å²) in [5.74, 6) is 0.725. The lowest BCUT2D eigenvalue weighted by Crippen LogP contribution is -2.54. The van der Waals surface area contributed by atoms with Crippen molar-refractivity contribution in [2.24, 2.45) is 0 Å². The molecule has 1 N–H and O–H groups in total. The lowest BCUT2D eigenvalue weighted by atomic mass is 10.1. The zero-order valence-corrected chi connectivity index (χ0v) is 20.5. The number of pyridine rings is 1. The van der Waals surface area contributed by atoms with Crippen LogP contribution >= 0.6 is 23.8 Å². The maximum absolute atomic E-state index is 13.4. The third-order valence-corrected chi connectivity index (χ3v) is 6.07. The van der Waals surface area contributed by atoms with E-state index in [1.54, 1.807) is 49.6 Å². The molecule has 1 aliphatic rings. The molecule has 178 valence electrons. The summed E-state index contributed by atoms with van der Waals surface area (Å²) < 4.78 is 11.0. The van der Waals surface area contributed by atoms with Crippen LogP contribution in [0, 0.1) is 0 Å². The number of amides is 2. The first-order valence-electron chi connectivity index (χ1n) is 10.8. The van der Waals surface area contributed by atoms with Crippen molar-refractivity contribution in [3.63, 3.8) is 0 Å². The molecule has 0 aliphatic carbocycles. The van der Waals surface area contributed by atoms with Crippen molar-refractivity contribution in [2.75, 3.05) is 12.0 Å². The zero-order chi connectivity index (χ0) is 25.2. The van der Waals surface area contributed by atoms with E-state index in [0.717, 1.165) is 5.39 Å². The Morgan fingerprint density at radius 1 is 0.944 bits per heavy atom. The molecule has 7 nitrogen and oxygen atoms in total. The lowest BCUT2D eigenvalue weighted by Gasteiger charge is -2.29. The summed E-state index contributed by atoms with van der Waals surface area (Å²) in [5.41, 5.74) is 1.41. The van der Waals surface area contributed by atoms with E-state index in [9.17, 15) is 9.59 Å². The average molecular weight is 516 g/mol. The van der Waals surface area contributed by atoms with Crippen LogP contribution in [0.15, 0.2) is 84.4 Å². The van der Waals surface area contributed by atoms with E-state index in [0.29, 0.717) is 34.0 Å². The van der Waals surface area contributed by atoms with Gasteiger partial charge in [0.2, 0.25) is 0 Å². The van der Waals surface area contributed by atoms with Crippen LogP contribution in [-0.2, 0) is 9.59 Å². The molecule has 3 aromatic carbocycles. The molecule has 5 rings (SSSR count). The van der Waals surface area contributed by atoms with Gasteiger partial charge in [0.1, 0.15) is 28.0 Å². The zero-order valence-electron chi connectivity index (χ0n) is 18.9. The highest BCUT2D eigenvalue weighted by Gasteiger charge is 2.34. The molecule has 1 aliphatic heterocycles. The van der Waals surface area contributed by atoms with Crippen molar-refractivity contribution in [2.45, 2.75) is 0 Å². The molecule has 0 atom stereocenters. The number of thiocarbonyl (C=S) groups is 1. The van der Waals surface area contributed by atoms with Gasteiger partial charge in [0.15, 0.2) is 5.11 Å². The summed E-state index contributed by atoms with van der Waals surface area (Å²) in [6.07, 6.45) is 1.42. The number of carbonyl (C=O) groups excluding carboxylic acids is 2. The Hall–Kier alpha value is -4.27. The van der Waals surface area contributed by atoms with Gasteiger partial charge in [-0.1, -0.05) is 29.8 Å². The van der Waals surface area contributed by atoms with Gasteiger partial charge < -0.3 is 9.47 Å². The van der Waals surface area contributed by atoms with Crippen molar-refractivity contribution in [1.29, 1.82) is 0 Å². The van der Waals surface area contributed by atoms with E-state index in [1.165, 1.54) is 11.0 Å². The Kier molecular flexibility index (Phi) is 6.37. The van der Waals surface area contributed by atoms with E-state index in [-0.39, 0.29) is 15.8 Å². The summed E-state index contributed by atoms with van der Waals surface area (Å²) in [4.78, 5) is 31.7. The number of aromatic nitrogens is 1. The van der Waals surface area contributed by atoms with Crippen molar-refractivity contribution < 1.29 is 19.1 Å². The lowest BCUT2D eigenvalue weighted by molar-refractivity contribution is -0.122. The van der Waals surface area contributed by atoms with Gasteiger partial charge in [-0.3, -0.25) is 19.8 Å². The fourth-order valence-corrected chi connectivity index (χ4v) is 4.18. The van der Waals surface area contributed by atoms with Gasteiger partial charge in [-0.25, -0.2) is 4.98 Å². The van der Waals surface area contributed by atoms with E-state index < -0.39 is 11.8 Å². The van der Waals surface area contributed by atoms with Crippen LogP contribution in [0.2, 0.25) is 5.15 Å². The van der Waals surface area contributed by atoms with Gasteiger partial charge in [0.05, 0.1) is 18.3 Å². The quantitative estimate of drug-likeness (QED) is 0.163. The molecule has 0 saturated carbocycles. The average Bonchev–Trinajstić information content (AvgIpc) is 2.88. The van der Waals surface area contributed by atoms with Crippen LogP contribution in [-0.4, -0.2) is 29.0 Å². The second-order valence-electron chi connectivity index (χ2n) is 7.79. The normalized spacial score (nSPS) is 14.8. The van der Waals surface area contributed by atoms with Gasteiger partial charge in [0, 0.05) is 17.0 Å². The molecule has 0 bridgehead atoms. The monoisotopic (exact) mass is 515 g/mol. The SMILES string of the molecule is COc1ccc2cc(/C=C3\C(=O)NC(=S)N(c4ccc(Oc5ccccc5)cc4)C3=O)c(Cl)nc2c1. The maximum atomic E-state index is 13.4. The fourth-order valence-electron chi connectivity index (χ4n) is 3.70. The number of benzene rings is 3. The molecule has 2 amide bonds. The van der Waals surface area contributed by atoms with Crippen LogP contribution in [0.1, 0.15) is 5.56 Å². The van der Waals surface area contributed by atoms with Crippen molar-refractivity contribution in [1.82, 2.24) is 10.3 Å². The van der Waals surface area contributed by atoms with Crippen LogP contribution in [0.25, 0.3) is 17.0 Å². The highest BCUT2D eigenvalue weighted by molar-refractivity contribution is 7.80. The van der Waals surface area contributed by atoms with Gasteiger partial charge in [-0.05, 0) is 72.9 Å². The number of carbonyl (C=O) groups is 2. The minimum Gasteiger partial charge on any atom is -0.497 e. The Balaban J connectivity index is 1.45. The summed E-state index contributed by atoms with van der Waals surface area (Å²) >= 11 is 11.7. The number of halogens is 1. The largest absolute Gasteiger partial charge is 0.497 e. The molecule has 1 saturated heterocycles. The molecule has 4 aromatic rings. The molecule has 0 unspecified atom stereocenters. The van der Waals surface area contributed by atoms with E-state index in [1.807, 2.05) is 36.4 Å². The first-order valence-corrected chi connectivity index (χ1v) is 11.6. The van der Waals surface area contributed by atoms with E-state index in [4.69, 9.17) is 33.3 Å². The van der Waals surface area contributed by atoms with E-state index in [2.05, 4.69) is 10.3 Å². The first kappa shape index (κ1) is 23.5. The number of para-hydroxylation sites is 1. The topological polar surface area (TPSA) is 80.8 Å². The number of nitrogens with one attached hydrogen (secondary N) is 1. The predicted molar refractivity (Wildman–Crippen MR) is 142 cm³/mol. The Morgan fingerprint density at radius 3 is 2.36 bits per heavy atom. The van der Waals surface area contributed by atoms with Crippen LogP contribution < -0.4 is 19.7 Å². The second-order valence-corrected chi connectivity index (χ2v) is 8.54. The van der Waals surface area contributed by atoms with Crippen LogP contribution in [0.3, 0.4) is 0 Å². The van der Waals surface area contributed by atoms with Gasteiger partial charge >= 0.3 is 0 Å². The first-order chi connectivity index (χ1) is 17.4. The molecule has 2 heterocycles. The summed E-state index contributed by atoms with van der Waals surface area (Å²) in [6.45, 7) is 0. The van der Waals surface area contributed by atoms with Gasteiger partial charge in [-0.15, -0.1) is 0 Å². The standard InChI is InChI=1S/C27H18ClN3O4S/c1-34-21-10-7-16-13-17(24(28)29-23(16)15-21)14-22-25(32)30-27(36)31(26(22)33)18-8-11-20(12-9-18)35-19-5-3-2-4-6-19/h2-15H,1H3,(H,30,32,36)/b22-14+. The van der Waals surface area contributed by atoms with E-state index >= 15 is 0 Å². The molecule has 0 spiro atoms. The number of hydrogen-bond acceptors (Lipinski definition) is 6. The molecule has 36 heavy (non-hydrogen) atoms. The smallest absolute Gasteiger partial charge is 0.270 e. The molecular weight excluding hydrogens is 498 g/mol. The Morgan fingerprint density at radius 2 is 1.64 bits per heavy atom. The predicted octanol–water partition coefficient (Wildman–Crippen LogP) is 5.52. The van der Waals surface area contributed by atoms with Crippen molar-refractivity contribution >= 4 is 63.4 Å². The summed E-state index contributed by atoms with van der Waals surface area (Å²) in [6, 6.07) is 23.3. The highest BCUT2D eigenvalue weighted by atomic mass is 35.5. The number of methoxy groups -OCH3 is 1. The highest BCUT2D eigenvalue weighted by Crippen LogP contribution is 2.29. The number of ether oxygens (including phenoxy) is 2. The maximum Gasteiger partial charge on any atom is 0.270 e. The Labute approximate surface area is 216 Å². The second kappa shape index (κ2) is 9.77. The third kappa shape index (κ3) is 4.64. The number of anilines is 1. The molecule has 1 fully saturated rings. The molecule has 1 aromatic heterocycles. The number of fused-ring (bicyclic) bond motifs is 1. The van der Waals surface area contributed by atoms with Crippen molar-refractivity contribution in [3.05, 3.63) is 95.2 Å². The van der Waals surface area contributed by atoms with Gasteiger partial charge in [0.25, 0.3) is 11.8 Å². The third-order valence-electron chi connectivity index (χ3n) is 5.48. The minimum atomic E-state index is -0.615. The molecule has 0 radical (unpaired) electrons. The number of nitrogens with zero attached hydrogens (tertiary/aromatic N) is 2. The summed E-state index contributed by atoms with van der Waals surface area (Å²) in [5, 5.41) is 3.47. The van der Waals surface area contributed by atoms with Crippen molar-refractivity contribution in [3.8, 4) is 17.2 Å². The number of hydrogen-bond donors (Lipinski definition) is 1. The molecule has 9 heteroatoms. The van der Waals surface area contributed by atoms with Crippen LogP contribution in [0.4, 0.5) is 5.69 Å². The molecular formula is C27H18ClN3O4S. The summed E-state index contributed by atoms with van der Waals surface area (Å²) in [7, 11) is 1.56.